The number of hydrogen-bond acceptors (Lipinski definition) is 5. The molecule has 0 N–H and O–H groups in total. The number of nitrogens with zero attached hydrogens (tertiary/aromatic N) is 4. The third-order valence-electron chi connectivity index (χ3n) is 6.23. The van der Waals surface area contributed by atoms with E-state index in [0.717, 1.165) is 32.7 Å². The Morgan fingerprint density at radius 2 is 2.03 bits per heavy atom. The highest BCUT2D eigenvalue weighted by atomic mass is 35.5. The number of thioether (sulfide) groups is 1. The summed E-state index contributed by atoms with van der Waals surface area (Å²) in [4.78, 5) is 34.3. The van der Waals surface area contributed by atoms with Gasteiger partial charge in [-0.05, 0) is 36.8 Å². The predicted molar refractivity (Wildman–Crippen MR) is 131 cm³/mol. The van der Waals surface area contributed by atoms with E-state index in [2.05, 4.69) is 16.5 Å². The average Bonchev–Trinajstić information content (AvgIpc) is 2.81. The second kappa shape index (κ2) is 8.50. The zero-order valence-corrected chi connectivity index (χ0v) is 19.6. The van der Waals surface area contributed by atoms with Crippen LogP contribution in [-0.4, -0.2) is 51.8 Å². The Labute approximate surface area is 199 Å². The summed E-state index contributed by atoms with van der Waals surface area (Å²) in [5.41, 5.74) is 2.11. The van der Waals surface area contributed by atoms with Gasteiger partial charge in [0.05, 0.1) is 10.5 Å². The summed E-state index contributed by atoms with van der Waals surface area (Å²) in [5.74, 6) is 0.884. The molecule has 1 amide bonds. The van der Waals surface area contributed by atoms with Gasteiger partial charge in [0.2, 0.25) is 5.91 Å². The third kappa shape index (κ3) is 3.71. The Morgan fingerprint density at radius 1 is 1.27 bits per heavy atom. The maximum Gasteiger partial charge on any atom is 0.350 e. The van der Waals surface area contributed by atoms with Gasteiger partial charge in [-0.15, -0.1) is 11.8 Å². The number of carbonyl (C=O) groups excluding carboxylic acids is 1. The second-order valence-electron chi connectivity index (χ2n) is 8.21. The Balaban J connectivity index is 1.69. The molecule has 170 valence electrons. The molecule has 0 bridgehead atoms. The van der Waals surface area contributed by atoms with E-state index in [1.54, 1.807) is 33.4 Å². The normalized spacial score (nSPS) is 18.0. The first-order valence-corrected chi connectivity index (χ1v) is 12.1. The van der Waals surface area contributed by atoms with E-state index in [1.807, 2.05) is 13.0 Å². The number of hydrogen-bond donors (Lipinski definition) is 0. The van der Waals surface area contributed by atoms with Crippen molar-refractivity contribution in [2.24, 2.45) is 0 Å². The molecule has 3 heterocycles. The third-order valence-corrected chi connectivity index (χ3v) is 7.60. The van der Waals surface area contributed by atoms with Crippen LogP contribution < -0.4 is 10.6 Å². The molecule has 3 aromatic rings. The van der Waals surface area contributed by atoms with Crippen LogP contribution in [0.2, 0.25) is 5.02 Å². The van der Waals surface area contributed by atoms with Crippen molar-refractivity contribution in [2.45, 2.75) is 24.4 Å². The van der Waals surface area contributed by atoms with Crippen molar-refractivity contribution in [3.63, 3.8) is 0 Å². The molecule has 33 heavy (non-hydrogen) atoms. The maximum absolute atomic E-state index is 13.5. The van der Waals surface area contributed by atoms with Gasteiger partial charge in [0.1, 0.15) is 11.6 Å². The molecule has 2 aromatic carbocycles. The van der Waals surface area contributed by atoms with Gasteiger partial charge in [-0.2, -0.15) is 4.98 Å². The lowest BCUT2D eigenvalue weighted by molar-refractivity contribution is -0.126. The molecule has 0 aliphatic carbocycles. The van der Waals surface area contributed by atoms with Gasteiger partial charge in [-0.25, -0.2) is 9.18 Å². The first-order valence-electron chi connectivity index (χ1n) is 10.7. The number of piperazine rings is 1. The lowest BCUT2D eigenvalue weighted by Gasteiger charge is -2.40. The van der Waals surface area contributed by atoms with E-state index in [-0.39, 0.29) is 23.5 Å². The van der Waals surface area contributed by atoms with Crippen LogP contribution in [0, 0.1) is 5.82 Å². The summed E-state index contributed by atoms with van der Waals surface area (Å²) < 4.78 is 15.2. The van der Waals surface area contributed by atoms with E-state index in [9.17, 15) is 14.0 Å². The number of benzene rings is 2. The highest BCUT2D eigenvalue weighted by Gasteiger charge is 2.31. The Kier molecular flexibility index (Phi) is 5.66. The van der Waals surface area contributed by atoms with E-state index in [4.69, 9.17) is 11.6 Å². The lowest BCUT2D eigenvalue weighted by Crippen LogP contribution is -2.54. The molecular weight excluding hydrogens is 463 g/mol. The van der Waals surface area contributed by atoms with Crippen LogP contribution in [0.5, 0.6) is 0 Å². The van der Waals surface area contributed by atoms with E-state index >= 15 is 0 Å². The topological polar surface area (TPSA) is 58.4 Å². The molecule has 0 spiro atoms. The predicted octanol–water partition coefficient (Wildman–Crippen LogP) is 4.18. The van der Waals surface area contributed by atoms with E-state index in [0.29, 0.717) is 37.0 Å². The van der Waals surface area contributed by atoms with Crippen molar-refractivity contribution in [1.29, 1.82) is 0 Å². The SMILES string of the molecule is C=CC(=O)N1CCN(c2nc(=O)n3c4c(c(-c5ccc(F)cc5)c(Cl)cc24)SCC3)C(C)C1. The van der Waals surface area contributed by atoms with Gasteiger partial charge in [0.15, 0.2) is 0 Å². The fourth-order valence-electron chi connectivity index (χ4n) is 4.65. The number of carbonyl (C=O) groups is 1. The Bertz CT molecular complexity index is 1340. The van der Waals surface area contributed by atoms with Crippen molar-refractivity contribution in [3.8, 4) is 11.1 Å². The minimum Gasteiger partial charge on any atom is -0.350 e. The molecule has 6 nitrogen and oxygen atoms in total. The van der Waals surface area contributed by atoms with E-state index in [1.165, 1.54) is 18.2 Å². The lowest BCUT2D eigenvalue weighted by atomic mass is 10.0. The summed E-state index contributed by atoms with van der Waals surface area (Å²) in [5, 5.41) is 1.34. The molecule has 2 aliphatic rings. The van der Waals surface area contributed by atoms with Crippen molar-refractivity contribution in [2.75, 3.05) is 30.3 Å². The second-order valence-corrected chi connectivity index (χ2v) is 9.73. The van der Waals surface area contributed by atoms with Crippen LogP contribution in [0.25, 0.3) is 22.0 Å². The first-order chi connectivity index (χ1) is 15.9. The molecule has 1 fully saturated rings. The van der Waals surface area contributed by atoms with Crippen molar-refractivity contribution >= 4 is 46.0 Å². The van der Waals surface area contributed by atoms with Crippen LogP contribution in [0.1, 0.15) is 6.92 Å². The summed E-state index contributed by atoms with van der Waals surface area (Å²) in [6.45, 7) is 7.72. The smallest absolute Gasteiger partial charge is 0.350 e. The molecule has 1 saturated heterocycles. The van der Waals surface area contributed by atoms with Crippen LogP contribution in [-0.2, 0) is 11.3 Å². The minimum atomic E-state index is -0.316. The highest BCUT2D eigenvalue weighted by molar-refractivity contribution is 7.99. The number of aryl methyl sites for hydroxylation is 1. The largest absolute Gasteiger partial charge is 0.350 e. The molecule has 0 radical (unpaired) electrons. The monoisotopic (exact) mass is 484 g/mol. The van der Waals surface area contributed by atoms with Crippen molar-refractivity contribution < 1.29 is 9.18 Å². The fourth-order valence-corrected chi connectivity index (χ4v) is 6.23. The molecule has 1 unspecified atom stereocenters. The zero-order chi connectivity index (χ0) is 23.3. The number of amides is 1. The Morgan fingerprint density at radius 3 is 2.73 bits per heavy atom. The number of aromatic nitrogens is 2. The van der Waals surface area contributed by atoms with Gasteiger partial charge >= 0.3 is 5.69 Å². The molecule has 5 rings (SSSR count). The average molecular weight is 485 g/mol. The molecule has 2 aliphatic heterocycles. The van der Waals surface area contributed by atoms with Gasteiger partial charge in [0.25, 0.3) is 0 Å². The summed E-state index contributed by atoms with van der Waals surface area (Å²) in [6, 6.07) is 8.05. The molecule has 9 heteroatoms. The van der Waals surface area contributed by atoms with Gasteiger partial charge in [-0.1, -0.05) is 30.3 Å². The fraction of sp³-hybridized carbons (Fsp3) is 0.292. The van der Waals surface area contributed by atoms with Crippen LogP contribution in [0.3, 0.4) is 0 Å². The molecule has 1 atom stereocenters. The van der Waals surface area contributed by atoms with Crippen LogP contribution in [0.4, 0.5) is 10.2 Å². The van der Waals surface area contributed by atoms with Crippen LogP contribution in [0.15, 0.2) is 52.7 Å². The van der Waals surface area contributed by atoms with Crippen LogP contribution >= 0.6 is 23.4 Å². The summed E-state index contributed by atoms with van der Waals surface area (Å²) in [7, 11) is 0. The molecular formula is C24H22ClFN4O2S. The van der Waals surface area contributed by atoms with Gasteiger partial charge in [0, 0.05) is 53.8 Å². The van der Waals surface area contributed by atoms with Crippen molar-refractivity contribution in [3.05, 3.63) is 64.3 Å². The summed E-state index contributed by atoms with van der Waals surface area (Å²) >= 11 is 8.45. The first kappa shape index (κ1) is 22.0. The zero-order valence-electron chi connectivity index (χ0n) is 18.1. The number of anilines is 1. The van der Waals surface area contributed by atoms with E-state index < -0.39 is 0 Å². The standard InChI is InChI=1S/C24H22ClFN4O2S/c1-3-19(31)28-8-9-29(14(2)13-28)23-17-12-18(25)20(15-4-6-16(26)7-5-15)22-21(17)30(10-11-33-22)24(32)27-23/h3-7,12,14H,1,8-11,13H2,2H3. The van der Waals surface area contributed by atoms with Crippen molar-refractivity contribution in [1.82, 2.24) is 14.5 Å². The minimum absolute atomic E-state index is 0.0387. The highest BCUT2D eigenvalue weighted by Crippen LogP contribution is 2.45. The quantitative estimate of drug-likeness (QED) is 0.522. The number of rotatable bonds is 3. The maximum atomic E-state index is 13.5. The number of halogens is 2. The summed E-state index contributed by atoms with van der Waals surface area (Å²) in [6.07, 6.45) is 1.32. The molecule has 1 aromatic heterocycles. The van der Waals surface area contributed by atoms with Gasteiger partial charge < -0.3 is 9.80 Å². The van der Waals surface area contributed by atoms with Gasteiger partial charge in [-0.3, -0.25) is 9.36 Å². The Hall–Kier alpha value is -2.84. The molecule has 0 saturated carbocycles.